The van der Waals surface area contributed by atoms with Crippen molar-refractivity contribution in [2.75, 3.05) is 33.4 Å². The minimum atomic E-state index is -0.522. The molecule has 98 valence electrons. The number of carbonyl (C=O) groups is 1. The van der Waals surface area contributed by atoms with Gasteiger partial charge in [-0.05, 0) is 6.07 Å². The Hall–Kier alpha value is -1.53. The summed E-state index contributed by atoms with van der Waals surface area (Å²) in [4.78, 5) is 17.1. The number of aromatic nitrogens is 1. The molecule has 0 saturated carbocycles. The average Bonchev–Trinajstić information content (AvgIpc) is 2.39. The molecule has 0 spiro atoms. The highest BCUT2D eigenvalue weighted by molar-refractivity contribution is 5.93. The Morgan fingerprint density at radius 2 is 2.39 bits per heavy atom. The third-order valence-electron chi connectivity index (χ3n) is 2.66. The maximum absolute atomic E-state index is 13.0. The molecule has 18 heavy (non-hydrogen) atoms. The molecule has 0 N–H and O–H groups in total. The Morgan fingerprint density at radius 3 is 3.06 bits per heavy atom. The maximum atomic E-state index is 13.0. The van der Waals surface area contributed by atoms with Gasteiger partial charge in [0.1, 0.15) is 5.82 Å². The lowest BCUT2D eigenvalue weighted by Crippen LogP contribution is -2.40. The first-order valence-corrected chi connectivity index (χ1v) is 5.72. The zero-order valence-electron chi connectivity index (χ0n) is 10.1. The number of likely N-dealkylation sites (N-methyl/N-ethyl adjacent to an activating group) is 1. The molecule has 6 heteroatoms. The molecule has 1 aliphatic heterocycles. The van der Waals surface area contributed by atoms with Gasteiger partial charge in [0.25, 0.3) is 5.91 Å². The first kappa shape index (κ1) is 12.9. The summed E-state index contributed by atoms with van der Waals surface area (Å²) in [6.07, 6.45) is 2.28. The van der Waals surface area contributed by atoms with Crippen molar-refractivity contribution in [3.8, 4) is 0 Å². The minimum absolute atomic E-state index is 0.130. The van der Waals surface area contributed by atoms with E-state index in [9.17, 15) is 9.18 Å². The van der Waals surface area contributed by atoms with Crippen LogP contribution in [0.15, 0.2) is 18.5 Å². The van der Waals surface area contributed by atoms with Gasteiger partial charge in [-0.3, -0.25) is 9.78 Å². The molecule has 1 saturated heterocycles. The third kappa shape index (κ3) is 3.24. The van der Waals surface area contributed by atoms with Gasteiger partial charge in [-0.15, -0.1) is 0 Å². The highest BCUT2D eigenvalue weighted by Gasteiger charge is 2.20. The summed E-state index contributed by atoms with van der Waals surface area (Å²) in [5.74, 6) is -0.803. The standard InChI is InChI=1S/C12H15FN2O3/c1-15(7-11-8-17-2-3-18-11)12(16)9-4-10(13)6-14-5-9/h4-6,11H,2-3,7-8H2,1H3. The molecule has 2 rings (SSSR count). The molecule has 1 fully saturated rings. The second-order valence-electron chi connectivity index (χ2n) is 4.15. The van der Waals surface area contributed by atoms with Crippen molar-refractivity contribution in [1.82, 2.24) is 9.88 Å². The van der Waals surface area contributed by atoms with Gasteiger partial charge in [-0.1, -0.05) is 0 Å². The Bertz CT molecular complexity index is 422. The van der Waals surface area contributed by atoms with Crippen molar-refractivity contribution in [2.45, 2.75) is 6.10 Å². The lowest BCUT2D eigenvalue weighted by molar-refractivity contribution is -0.0933. The van der Waals surface area contributed by atoms with Crippen LogP contribution in [0.1, 0.15) is 10.4 Å². The quantitative estimate of drug-likeness (QED) is 0.797. The fourth-order valence-corrected chi connectivity index (χ4v) is 1.78. The summed E-state index contributed by atoms with van der Waals surface area (Å²) in [6.45, 7) is 2.00. The summed E-state index contributed by atoms with van der Waals surface area (Å²) < 4.78 is 23.7. The largest absolute Gasteiger partial charge is 0.376 e. The van der Waals surface area contributed by atoms with E-state index in [0.29, 0.717) is 26.4 Å². The van der Waals surface area contributed by atoms with Crippen molar-refractivity contribution in [2.24, 2.45) is 0 Å². The molecule has 2 heterocycles. The zero-order chi connectivity index (χ0) is 13.0. The van der Waals surface area contributed by atoms with Gasteiger partial charge in [-0.2, -0.15) is 0 Å². The van der Waals surface area contributed by atoms with Crippen molar-refractivity contribution >= 4 is 5.91 Å². The second kappa shape index (κ2) is 5.88. The first-order valence-electron chi connectivity index (χ1n) is 5.72. The van der Waals surface area contributed by atoms with E-state index in [1.165, 1.54) is 17.2 Å². The molecule has 1 amide bonds. The van der Waals surface area contributed by atoms with Crippen LogP contribution in [-0.4, -0.2) is 55.3 Å². The highest BCUT2D eigenvalue weighted by Crippen LogP contribution is 2.07. The zero-order valence-corrected chi connectivity index (χ0v) is 10.1. The van der Waals surface area contributed by atoms with Crippen LogP contribution in [-0.2, 0) is 9.47 Å². The van der Waals surface area contributed by atoms with Crippen molar-refractivity contribution in [3.05, 3.63) is 29.8 Å². The number of pyridine rings is 1. The number of nitrogens with zero attached hydrogens (tertiary/aromatic N) is 2. The van der Waals surface area contributed by atoms with E-state index in [1.54, 1.807) is 7.05 Å². The Morgan fingerprint density at radius 1 is 1.56 bits per heavy atom. The number of rotatable bonds is 3. The van der Waals surface area contributed by atoms with Gasteiger partial charge in [0, 0.05) is 19.8 Å². The van der Waals surface area contributed by atoms with Crippen LogP contribution in [0.5, 0.6) is 0 Å². The van der Waals surface area contributed by atoms with Crippen LogP contribution < -0.4 is 0 Å². The summed E-state index contributed by atoms with van der Waals surface area (Å²) in [5, 5.41) is 0. The van der Waals surface area contributed by atoms with Crippen LogP contribution in [0.25, 0.3) is 0 Å². The van der Waals surface area contributed by atoms with Crippen LogP contribution >= 0.6 is 0 Å². The van der Waals surface area contributed by atoms with E-state index in [2.05, 4.69) is 4.98 Å². The summed E-state index contributed by atoms with van der Waals surface area (Å²) in [5.41, 5.74) is 0.231. The number of hydrogen-bond acceptors (Lipinski definition) is 4. The minimum Gasteiger partial charge on any atom is -0.376 e. The molecule has 1 unspecified atom stereocenters. The van der Waals surface area contributed by atoms with E-state index in [1.807, 2.05) is 0 Å². The molecular weight excluding hydrogens is 239 g/mol. The van der Waals surface area contributed by atoms with Crippen molar-refractivity contribution < 1.29 is 18.7 Å². The predicted molar refractivity (Wildman–Crippen MR) is 61.7 cm³/mol. The van der Waals surface area contributed by atoms with Crippen LogP contribution in [0.3, 0.4) is 0 Å². The lowest BCUT2D eigenvalue weighted by Gasteiger charge is -2.27. The van der Waals surface area contributed by atoms with Crippen LogP contribution in [0.4, 0.5) is 4.39 Å². The highest BCUT2D eigenvalue weighted by atomic mass is 19.1. The van der Waals surface area contributed by atoms with Gasteiger partial charge in [-0.25, -0.2) is 4.39 Å². The maximum Gasteiger partial charge on any atom is 0.255 e. The number of ether oxygens (including phenoxy) is 2. The number of carbonyl (C=O) groups excluding carboxylic acids is 1. The number of hydrogen-bond donors (Lipinski definition) is 0. The van der Waals surface area contributed by atoms with Crippen LogP contribution in [0.2, 0.25) is 0 Å². The summed E-state index contributed by atoms with van der Waals surface area (Å²) in [7, 11) is 1.64. The average molecular weight is 254 g/mol. The molecule has 0 bridgehead atoms. The second-order valence-corrected chi connectivity index (χ2v) is 4.15. The van der Waals surface area contributed by atoms with Gasteiger partial charge in [0.05, 0.1) is 37.7 Å². The number of amides is 1. The third-order valence-corrected chi connectivity index (χ3v) is 2.66. The Kier molecular flexibility index (Phi) is 4.22. The van der Waals surface area contributed by atoms with Gasteiger partial charge < -0.3 is 14.4 Å². The van der Waals surface area contributed by atoms with E-state index >= 15 is 0 Å². The lowest BCUT2D eigenvalue weighted by atomic mass is 10.2. The SMILES string of the molecule is CN(CC1COCCO1)C(=O)c1cncc(F)c1. The molecule has 5 nitrogen and oxygen atoms in total. The summed E-state index contributed by atoms with van der Waals surface area (Å²) >= 11 is 0. The van der Waals surface area contributed by atoms with Gasteiger partial charge >= 0.3 is 0 Å². The molecular formula is C12H15FN2O3. The molecule has 0 radical (unpaired) electrons. The fraction of sp³-hybridized carbons (Fsp3) is 0.500. The van der Waals surface area contributed by atoms with Gasteiger partial charge in [0.2, 0.25) is 0 Å². The van der Waals surface area contributed by atoms with E-state index < -0.39 is 5.82 Å². The fourth-order valence-electron chi connectivity index (χ4n) is 1.78. The first-order chi connectivity index (χ1) is 8.66. The predicted octanol–water partition coefficient (Wildman–Crippen LogP) is 0.708. The molecule has 1 aromatic heterocycles. The van der Waals surface area contributed by atoms with Crippen molar-refractivity contribution in [1.29, 1.82) is 0 Å². The normalized spacial score (nSPS) is 19.6. The van der Waals surface area contributed by atoms with E-state index in [4.69, 9.17) is 9.47 Å². The molecule has 1 atom stereocenters. The topological polar surface area (TPSA) is 51.7 Å². The van der Waals surface area contributed by atoms with E-state index in [0.717, 1.165) is 6.20 Å². The summed E-state index contributed by atoms with van der Waals surface area (Å²) in [6, 6.07) is 1.17. The smallest absolute Gasteiger partial charge is 0.255 e. The molecule has 1 aliphatic rings. The van der Waals surface area contributed by atoms with Gasteiger partial charge in [0.15, 0.2) is 0 Å². The Balaban J connectivity index is 1.95. The Labute approximate surface area is 105 Å². The number of halogens is 1. The monoisotopic (exact) mass is 254 g/mol. The van der Waals surface area contributed by atoms with E-state index in [-0.39, 0.29) is 17.6 Å². The molecule has 1 aromatic rings. The van der Waals surface area contributed by atoms with Crippen LogP contribution in [0, 0.1) is 5.82 Å². The molecule has 0 aromatic carbocycles. The van der Waals surface area contributed by atoms with Crippen molar-refractivity contribution in [3.63, 3.8) is 0 Å². The molecule has 0 aliphatic carbocycles.